The number of likely N-dealkylation sites (tertiary alicyclic amines) is 1. The van der Waals surface area contributed by atoms with Gasteiger partial charge in [-0.1, -0.05) is 5.16 Å². The van der Waals surface area contributed by atoms with Gasteiger partial charge >= 0.3 is 6.03 Å². The molecule has 25 heavy (non-hydrogen) atoms. The van der Waals surface area contributed by atoms with Crippen molar-refractivity contribution in [1.82, 2.24) is 29.7 Å². The average molecular weight is 343 g/mol. The van der Waals surface area contributed by atoms with Gasteiger partial charge in [-0.2, -0.15) is 10.1 Å². The number of nitrogens with zero attached hydrogens (tertiary/aromatic N) is 7. The predicted octanol–water partition coefficient (Wildman–Crippen LogP) is 1.07. The molecular weight excluding hydrogens is 322 g/mol. The lowest BCUT2D eigenvalue weighted by atomic mass is 10.1. The van der Waals surface area contributed by atoms with Crippen LogP contribution in [0.1, 0.15) is 36.5 Å². The van der Waals surface area contributed by atoms with E-state index >= 15 is 0 Å². The third-order valence-corrected chi connectivity index (χ3v) is 5.20. The largest absolute Gasteiger partial charge is 0.339 e. The van der Waals surface area contributed by atoms with Crippen molar-refractivity contribution in [3.05, 3.63) is 24.1 Å². The maximum Gasteiger partial charge on any atom is 0.324 e. The van der Waals surface area contributed by atoms with Crippen LogP contribution < -0.4 is 4.90 Å². The number of anilines is 1. The first kappa shape index (κ1) is 14.9. The summed E-state index contributed by atoms with van der Waals surface area (Å²) in [4.78, 5) is 22.3. The van der Waals surface area contributed by atoms with E-state index in [-0.39, 0.29) is 6.03 Å². The van der Waals surface area contributed by atoms with Crippen LogP contribution in [0.15, 0.2) is 16.9 Å². The lowest BCUT2D eigenvalue weighted by Crippen LogP contribution is -2.47. The Kier molecular flexibility index (Phi) is 3.30. The third kappa shape index (κ3) is 2.68. The average Bonchev–Trinajstić information content (AvgIpc) is 2.98. The normalized spacial score (nSPS) is 22.0. The molecule has 2 amide bonds. The first-order valence-corrected chi connectivity index (χ1v) is 8.79. The van der Waals surface area contributed by atoms with Gasteiger partial charge in [-0.3, -0.25) is 14.5 Å². The highest BCUT2D eigenvalue weighted by Gasteiger charge is 2.33. The zero-order chi connectivity index (χ0) is 17.0. The fraction of sp³-hybridized carbons (Fsp3) is 0.625. The molecule has 3 fully saturated rings. The number of urea groups is 1. The van der Waals surface area contributed by atoms with Crippen molar-refractivity contribution in [3.63, 3.8) is 0 Å². The lowest BCUT2D eigenvalue weighted by molar-refractivity contribution is 0.0872. The van der Waals surface area contributed by atoms with Crippen LogP contribution in [0.4, 0.5) is 10.5 Å². The Morgan fingerprint density at radius 2 is 2.12 bits per heavy atom. The van der Waals surface area contributed by atoms with E-state index in [1.54, 1.807) is 16.0 Å². The molecule has 2 aromatic heterocycles. The van der Waals surface area contributed by atoms with Crippen LogP contribution in [0.25, 0.3) is 0 Å². The van der Waals surface area contributed by atoms with Crippen molar-refractivity contribution in [3.8, 4) is 0 Å². The standard InChI is InChI=1S/C16H21N7O2/c1-20-4-5-22(16(20)24)12-6-17-23(9-12)13-7-21(8-13)10-14-18-15(25-19-14)11-2-3-11/h6,9,11,13H,2-5,7-8,10H2,1H3. The van der Waals surface area contributed by atoms with Crippen LogP contribution in [-0.4, -0.2) is 69.0 Å². The van der Waals surface area contributed by atoms with Crippen LogP contribution >= 0.6 is 0 Å². The van der Waals surface area contributed by atoms with Crippen LogP contribution in [0.5, 0.6) is 0 Å². The van der Waals surface area contributed by atoms with Gasteiger partial charge in [0.1, 0.15) is 0 Å². The Morgan fingerprint density at radius 1 is 1.28 bits per heavy atom. The molecule has 0 unspecified atom stereocenters. The number of hydrogen-bond acceptors (Lipinski definition) is 6. The van der Waals surface area contributed by atoms with E-state index in [4.69, 9.17) is 4.52 Å². The van der Waals surface area contributed by atoms with Crippen molar-refractivity contribution in [2.24, 2.45) is 0 Å². The van der Waals surface area contributed by atoms with Crippen LogP contribution in [-0.2, 0) is 6.54 Å². The van der Waals surface area contributed by atoms with Crippen LogP contribution in [0.2, 0.25) is 0 Å². The molecule has 2 aliphatic heterocycles. The van der Waals surface area contributed by atoms with Gasteiger partial charge in [0.15, 0.2) is 5.82 Å². The summed E-state index contributed by atoms with van der Waals surface area (Å²) >= 11 is 0. The molecule has 3 aliphatic rings. The van der Waals surface area contributed by atoms with Crippen LogP contribution in [0, 0.1) is 0 Å². The van der Waals surface area contributed by atoms with Crippen molar-refractivity contribution in [2.45, 2.75) is 31.3 Å². The van der Waals surface area contributed by atoms with E-state index in [9.17, 15) is 4.79 Å². The Balaban J connectivity index is 1.17. The summed E-state index contributed by atoms with van der Waals surface area (Å²) in [5.41, 5.74) is 0.875. The Morgan fingerprint density at radius 3 is 2.84 bits per heavy atom. The zero-order valence-electron chi connectivity index (χ0n) is 14.2. The fourth-order valence-electron chi connectivity index (χ4n) is 3.42. The molecule has 2 saturated heterocycles. The summed E-state index contributed by atoms with van der Waals surface area (Å²) in [7, 11) is 1.82. The smallest absolute Gasteiger partial charge is 0.324 e. The SMILES string of the molecule is CN1CCN(c2cnn(C3CN(Cc4noc(C5CC5)n4)C3)c2)C1=O. The summed E-state index contributed by atoms with van der Waals surface area (Å²) in [6, 6.07) is 0.373. The molecule has 4 heterocycles. The molecule has 0 radical (unpaired) electrons. The molecule has 5 rings (SSSR count). The minimum atomic E-state index is 0.0401. The van der Waals surface area contributed by atoms with E-state index < -0.39 is 0 Å². The molecule has 0 spiro atoms. The summed E-state index contributed by atoms with van der Waals surface area (Å²) in [6.45, 7) is 4.01. The first-order chi connectivity index (χ1) is 12.2. The number of likely N-dealkylation sites (N-methyl/N-ethyl adjacent to an activating group) is 1. The minimum absolute atomic E-state index is 0.0401. The number of amides is 2. The van der Waals surface area contributed by atoms with Crippen molar-refractivity contribution < 1.29 is 9.32 Å². The summed E-state index contributed by atoms with van der Waals surface area (Å²) in [6.07, 6.45) is 6.09. The number of aromatic nitrogens is 4. The molecule has 0 aromatic carbocycles. The van der Waals surface area contributed by atoms with E-state index in [1.807, 2.05) is 17.9 Å². The fourth-order valence-corrected chi connectivity index (χ4v) is 3.42. The van der Waals surface area contributed by atoms with Crippen molar-refractivity contribution in [2.75, 3.05) is 38.1 Å². The van der Waals surface area contributed by atoms with Crippen molar-refractivity contribution >= 4 is 11.7 Å². The molecule has 9 nitrogen and oxygen atoms in total. The monoisotopic (exact) mass is 343 g/mol. The maximum atomic E-state index is 12.1. The highest BCUT2D eigenvalue weighted by Crippen LogP contribution is 2.39. The van der Waals surface area contributed by atoms with Gasteiger partial charge in [-0.15, -0.1) is 0 Å². The van der Waals surface area contributed by atoms with Gasteiger partial charge in [0.05, 0.1) is 24.5 Å². The lowest BCUT2D eigenvalue weighted by Gasteiger charge is -2.38. The highest BCUT2D eigenvalue weighted by molar-refractivity contribution is 5.93. The number of carbonyl (C=O) groups excluding carboxylic acids is 1. The van der Waals surface area contributed by atoms with Crippen LogP contribution in [0.3, 0.4) is 0 Å². The second kappa shape index (κ2) is 5.55. The molecule has 1 saturated carbocycles. The molecule has 2 aromatic rings. The first-order valence-electron chi connectivity index (χ1n) is 8.79. The second-order valence-electron chi connectivity index (χ2n) is 7.21. The maximum absolute atomic E-state index is 12.1. The minimum Gasteiger partial charge on any atom is -0.339 e. The van der Waals surface area contributed by atoms with Gasteiger partial charge in [0.2, 0.25) is 5.89 Å². The Labute approximate surface area is 145 Å². The molecule has 132 valence electrons. The highest BCUT2D eigenvalue weighted by atomic mass is 16.5. The summed E-state index contributed by atoms with van der Waals surface area (Å²) in [5, 5.41) is 8.52. The predicted molar refractivity (Wildman–Crippen MR) is 88.2 cm³/mol. The zero-order valence-corrected chi connectivity index (χ0v) is 14.2. The number of rotatable bonds is 5. The molecular formula is C16H21N7O2. The second-order valence-corrected chi connectivity index (χ2v) is 7.21. The molecule has 9 heteroatoms. The van der Waals surface area contributed by atoms with E-state index in [0.29, 0.717) is 12.0 Å². The Bertz CT molecular complexity index is 790. The molecule has 1 aliphatic carbocycles. The number of carbonyl (C=O) groups is 1. The van der Waals surface area contributed by atoms with Gasteiger partial charge in [-0.05, 0) is 12.8 Å². The number of hydrogen-bond donors (Lipinski definition) is 0. The van der Waals surface area contributed by atoms with E-state index in [0.717, 1.165) is 50.1 Å². The van der Waals surface area contributed by atoms with Gasteiger partial charge < -0.3 is 9.42 Å². The van der Waals surface area contributed by atoms with Gasteiger partial charge in [0.25, 0.3) is 0 Å². The van der Waals surface area contributed by atoms with Gasteiger partial charge in [-0.25, -0.2) is 4.79 Å². The van der Waals surface area contributed by atoms with E-state index in [2.05, 4.69) is 20.1 Å². The third-order valence-electron chi connectivity index (χ3n) is 5.20. The van der Waals surface area contributed by atoms with Crippen molar-refractivity contribution in [1.29, 1.82) is 0 Å². The Hall–Kier alpha value is -2.42. The summed E-state index contributed by atoms with van der Waals surface area (Å²) in [5.74, 6) is 2.07. The quantitative estimate of drug-likeness (QED) is 0.808. The van der Waals surface area contributed by atoms with E-state index in [1.165, 1.54) is 12.8 Å². The molecule has 0 N–H and O–H groups in total. The molecule has 0 bridgehead atoms. The van der Waals surface area contributed by atoms with Gasteiger partial charge in [0, 0.05) is 45.3 Å². The topological polar surface area (TPSA) is 83.5 Å². The summed E-state index contributed by atoms with van der Waals surface area (Å²) < 4.78 is 7.26. The molecule has 0 atom stereocenters.